The molecule has 3 rings (SSSR count). The summed E-state index contributed by atoms with van der Waals surface area (Å²) in [7, 11) is -0.869. The number of carbonyl (C=O) groups excluding carboxylic acids is 1. The van der Waals surface area contributed by atoms with Crippen LogP contribution in [0.15, 0.2) is 47.5 Å². The van der Waals surface area contributed by atoms with E-state index in [1.54, 1.807) is 7.05 Å². The molecule has 1 aromatic heterocycles. The van der Waals surface area contributed by atoms with Gasteiger partial charge in [-0.1, -0.05) is 30.3 Å². The van der Waals surface area contributed by atoms with E-state index in [9.17, 15) is 13.2 Å². The Kier molecular flexibility index (Phi) is 6.13. The van der Waals surface area contributed by atoms with Crippen molar-refractivity contribution in [1.29, 1.82) is 0 Å². The van der Waals surface area contributed by atoms with E-state index in [4.69, 9.17) is 5.73 Å². The fourth-order valence-corrected chi connectivity index (χ4v) is 4.75. The van der Waals surface area contributed by atoms with E-state index in [1.807, 2.05) is 30.3 Å². The molecule has 1 fully saturated rings. The molecule has 142 valence electrons. The second-order valence-electron chi connectivity index (χ2n) is 6.17. The van der Waals surface area contributed by atoms with E-state index < -0.39 is 16.0 Å². The van der Waals surface area contributed by atoms with Gasteiger partial charge >= 0.3 is 5.97 Å². The maximum atomic E-state index is 12.9. The molecule has 0 bridgehead atoms. The van der Waals surface area contributed by atoms with E-state index in [0.29, 0.717) is 6.54 Å². The number of halogens is 1. The van der Waals surface area contributed by atoms with Gasteiger partial charge in [-0.25, -0.2) is 13.2 Å². The molecular formula is C17H22ClN3O4S. The first kappa shape index (κ1) is 20.4. The zero-order valence-electron chi connectivity index (χ0n) is 14.5. The zero-order valence-corrected chi connectivity index (χ0v) is 16.2. The fourth-order valence-electron chi connectivity index (χ4n) is 3.17. The number of ether oxygens (including phenoxy) is 1. The highest BCUT2D eigenvalue weighted by molar-refractivity contribution is 7.89. The molecule has 9 heteroatoms. The molecule has 2 N–H and O–H groups in total. The summed E-state index contributed by atoms with van der Waals surface area (Å²) in [6.45, 7) is 0.556. The van der Waals surface area contributed by atoms with Crippen molar-refractivity contribution in [3.05, 3.63) is 53.9 Å². The van der Waals surface area contributed by atoms with Gasteiger partial charge in [0.25, 0.3) is 0 Å². The highest BCUT2D eigenvalue weighted by Crippen LogP contribution is 2.31. The van der Waals surface area contributed by atoms with Gasteiger partial charge in [-0.05, 0) is 11.6 Å². The van der Waals surface area contributed by atoms with Gasteiger partial charge in [-0.2, -0.15) is 4.31 Å². The summed E-state index contributed by atoms with van der Waals surface area (Å²) in [5.41, 5.74) is 7.40. The molecule has 2 aromatic rings. The molecule has 1 aliphatic heterocycles. The van der Waals surface area contributed by atoms with Crippen molar-refractivity contribution in [2.45, 2.75) is 16.9 Å². The number of hydrogen-bond acceptors (Lipinski definition) is 5. The lowest BCUT2D eigenvalue weighted by Crippen LogP contribution is -2.32. The average molecular weight is 400 g/mol. The second-order valence-corrected chi connectivity index (χ2v) is 8.10. The Morgan fingerprint density at radius 1 is 1.23 bits per heavy atom. The number of methoxy groups -OCH3 is 1. The smallest absolute Gasteiger partial charge is 0.354 e. The predicted octanol–water partition coefficient (Wildman–Crippen LogP) is 1.35. The number of carbonyl (C=O) groups is 1. The summed E-state index contributed by atoms with van der Waals surface area (Å²) in [6, 6.07) is 10.7. The summed E-state index contributed by atoms with van der Waals surface area (Å²) < 4.78 is 33.4. The van der Waals surface area contributed by atoms with Crippen LogP contribution in [0.2, 0.25) is 0 Å². The van der Waals surface area contributed by atoms with E-state index in [0.717, 1.165) is 5.56 Å². The van der Waals surface area contributed by atoms with Crippen LogP contribution in [0.25, 0.3) is 0 Å². The number of esters is 1. The minimum Gasteiger partial charge on any atom is -0.464 e. The van der Waals surface area contributed by atoms with Gasteiger partial charge in [0.05, 0.1) is 7.11 Å². The van der Waals surface area contributed by atoms with Crippen LogP contribution in [-0.2, 0) is 21.8 Å². The van der Waals surface area contributed by atoms with Crippen LogP contribution in [0.4, 0.5) is 0 Å². The first-order valence-electron chi connectivity index (χ1n) is 7.90. The monoisotopic (exact) mass is 399 g/mol. The van der Waals surface area contributed by atoms with Crippen molar-refractivity contribution < 1.29 is 17.9 Å². The molecule has 1 aromatic carbocycles. The van der Waals surface area contributed by atoms with E-state index in [1.165, 1.54) is 28.2 Å². The first-order chi connectivity index (χ1) is 11.8. The SMILES string of the molecule is COC(=O)c1cc(S(=O)(=O)N2C[C@@H](N)[C@H](c3ccccc3)C2)cn1C.Cl. The molecule has 0 radical (unpaired) electrons. The topological polar surface area (TPSA) is 94.6 Å². The van der Waals surface area contributed by atoms with Gasteiger partial charge in [0.1, 0.15) is 10.6 Å². The molecule has 2 atom stereocenters. The Hall–Kier alpha value is -1.87. The third-order valence-corrected chi connectivity index (χ3v) is 6.37. The summed E-state index contributed by atoms with van der Waals surface area (Å²) in [4.78, 5) is 11.8. The highest BCUT2D eigenvalue weighted by atomic mass is 35.5. The Labute approximate surface area is 159 Å². The largest absolute Gasteiger partial charge is 0.464 e. The summed E-state index contributed by atoms with van der Waals surface area (Å²) in [5, 5.41) is 0. The van der Waals surface area contributed by atoms with Crippen molar-refractivity contribution in [3.8, 4) is 0 Å². The van der Waals surface area contributed by atoms with Crippen molar-refractivity contribution in [2.24, 2.45) is 12.8 Å². The van der Waals surface area contributed by atoms with E-state index in [2.05, 4.69) is 4.74 Å². The molecule has 7 nitrogen and oxygen atoms in total. The number of aryl methyl sites for hydroxylation is 1. The number of nitrogens with two attached hydrogens (primary N) is 1. The van der Waals surface area contributed by atoms with Crippen LogP contribution in [-0.4, -0.2) is 49.5 Å². The Bertz CT molecular complexity index is 883. The van der Waals surface area contributed by atoms with Crippen LogP contribution in [0, 0.1) is 0 Å². The normalized spacial score (nSPS) is 20.6. The number of sulfonamides is 1. The van der Waals surface area contributed by atoms with Crippen LogP contribution in [0.3, 0.4) is 0 Å². The molecule has 0 saturated carbocycles. The maximum Gasteiger partial charge on any atom is 0.354 e. The maximum absolute atomic E-state index is 12.9. The van der Waals surface area contributed by atoms with Crippen molar-refractivity contribution >= 4 is 28.4 Å². The molecule has 2 heterocycles. The van der Waals surface area contributed by atoms with Crippen molar-refractivity contribution in [2.75, 3.05) is 20.2 Å². The van der Waals surface area contributed by atoms with Crippen LogP contribution < -0.4 is 5.73 Å². The molecule has 0 aliphatic carbocycles. The Balaban J connectivity index is 0.00000243. The fraction of sp³-hybridized carbons (Fsp3) is 0.353. The number of rotatable bonds is 4. The van der Waals surface area contributed by atoms with E-state index >= 15 is 0 Å². The molecule has 1 aliphatic rings. The van der Waals surface area contributed by atoms with E-state index in [-0.39, 0.29) is 41.5 Å². The van der Waals surface area contributed by atoms with Gasteiger partial charge in [0, 0.05) is 38.3 Å². The van der Waals surface area contributed by atoms with Crippen molar-refractivity contribution in [1.82, 2.24) is 8.87 Å². The third-order valence-electron chi connectivity index (χ3n) is 4.57. The van der Waals surface area contributed by atoms with Crippen LogP contribution in [0.5, 0.6) is 0 Å². The number of aromatic nitrogens is 1. The average Bonchev–Trinajstić information content (AvgIpc) is 3.19. The lowest BCUT2D eigenvalue weighted by molar-refractivity contribution is 0.0590. The lowest BCUT2D eigenvalue weighted by atomic mass is 9.95. The molecule has 26 heavy (non-hydrogen) atoms. The highest BCUT2D eigenvalue weighted by Gasteiger charge is 2.39. The molecule has 1 saturated heterocycles. The number of hydrogen-bond donors (Lipinski definition) is 1. The Morgan fingerprint density at radius 2 is 1.88 bits per heavy atom. The molecule has 0 unspecified atom stereocenters. The standard InChI is InChI=1S/C17H21N3O4S.ClH/c1-19-9-13(8-16(19)17(21)24-2)25(22,23)20-10-14(15(18)11-20)12-6-4-3-5-7-12;/h3-9,14-15H,10-11,18H2,1-2H3;1H/t14-,15+;/m0./s1. The summed E-state index contributed by atoms with van der Waals surface area (Å²) in [6.07, 6.45) is 1.42. The molecule has 0 amide bonds. The van der Waals surface area contributed by atoms with Gasteiger partial charge in [-0.3, -0.25) is 0 Å². The molecule has 0 spiro atoms. The van der Waals surface area contributed by atoms with Gasteiger partial charge in [0.2, 0.25) is 10.0 Å². The lowest BCUT2D eigenvalue weighted by Gasteiger charge is -2.15. The summed E-state index contributed by atoms with van der Waals surface area (Å²) in [5.74, 6) is -0.635. The van der Waals surface area contributed by atoms with Crippen LogP contribution >= 0.6 is 12.4 Å². The zero-order chi connectivity index (χ0) is 18.2. The molecular weight excluding hydrogens is 378 g/mol. The van der Waals surface area contributed by atoms with Gasteiger partial charge in [-0.15, -0.1) is 12.4 Å². The minimum atomic E-state index is -3.73. The van der Waals surface area contributed by atoms with Crippen molar-refractivity contribution in [3.63, 3.8) is 0 Å². The Morgan fingerprint density at radius 3 is 2.50 bits per heavy atom. The third kappa shape index (κ3) is 3.64. The van der Waals surface area contributed by atoms with Gasteiger partial charge < -0.3 is 15.0 Å². The number of benzene rings is 1. The van der Waals surface area contributed by atoms with Crippen LogP contribution in [0.1, 0.15) is 22.0 Å². The second kappa shape index (κ2) is 7.79. The van der Waals surface area contributed by atoms with Gasteiger partial charge in [0.15, 0.2) is 0 Å². The summed E-state index contributed by atoms with van der Waals surface area (Å²) >= 11 is 0. The number of nitrogens with zero attached hydrogens (tertiary/aromatic N) is 2. The first-order valence-corrected chi connectivity index (χ1v) is 9.34. The predicted molar refractivity (Wildman–Crippen MR) is 99.9 cm³/mol. The minimum absolute atomic E-state index is 0. The quantitative estimate of drug-likeness (QED) is 0.783.